The zero-order valence-corrected chi connectivity index (χ0v) is 14.1. The summed E-state index contributed by atoms with van der Waals surface area (Å²) in [6.07, 6.45) is 2.44. The molecule has 0 saturated heterocycles. The molecule has 128 valence electrons. The highest BCUT2D eigenvalue weighted by atomic mass is 16.3. The van der Waals surface area contributed by atoms with E-state index in [9.17, 15) is 9.59 Å². The van der Waals surface area contributed by atoms with Crippen LogP contribution >= 0.6 is 0 Å². The monoisotopic (exact) mass is 328 g/mol. The van der Waals surface area contributed by atoms with Crippen LogP contribution in [0.15, 0.2) is 53.1 Å². The topological polar surface area (TPSA) is 71.3 Å². The summed E-state index contributed by atoms with van der Waals surface area (Å²) < 4.78 is 5.15. The van der Waals surface area contributed by atoms with Crippen LogP contribution in [0.2, 0.25) is 0 Å². The minimum Gasteiger partial charge on any atom is -0.467 e. The van der Waals surface area contributed by atoms with Gasteiger partial charge < -0.3 is 15.1 Å². The van der Waals surface area contributed by atoms with Gasteiger partial charge >= 0.3 is 0 Å². The van der Waals surface area contributed by atoms with E-state index < -0.39 is 0 Å². The molecule has 2 N–H and O–H groups in total. The van der Waals surface area contributed by atoms with Gasteiger partial charge in [-0.15, -0.1) is 0 Å². The zero-order valence-electron chi connectivity index (χ0n) is 14.1. The second kappa shape index (κ2) is 8.91. The number of carbonyl (C=O) groups is 2. The van der Waals surface area contributed by atoms with Crippen LogP contribution in [0.25, 0.3) is 0 Å². The lowest BCUT2D eigenvalue weighted by Gasteiger charge is -2.22. The van der Waals surface area contributed by atoms with E-state index in [2.05, 4.69) is 17.6 Å². The van der Waals surface area contributed by atoms with E-state index in [4.69, 9.17) is 4.42 Å². The smallest absolute Gasteiger partial charge is 0.239 e. The maximum Gasteiger partial charge on any atom is 0.239 e. The van der Waals surface area contributed by atoms with Gasteiger partial charge in [-0.05, 0) is 23.6 Å². The van der Waals surface area contributed by atoms with Gasteiger partial charge in [0, 0.05) is 0 Å². The number of furan rings is 1. The molecule has 0 bridgehead atoms. The highest BCUT2D eigenvalue weighted by molar-refractivity contribution is 5.88. The van der Waals surface area contributed by atoms with Crippen LogP contribution in [-0.4, -0.2) is 18.4 Å². The van der Waals surface area contributed by atoms with Crippen LogP contribution in [0.4, 0.5) is 0 Å². The van der Waals surface area contributed by atoms with E-state index in [1.54, 1.807) is 18.4 Å². The fourth-order valence-electron chi connectivity index (χ4n) is 2.57. The summed E-state index contributed by atoms with van der Waals surface area (Å²) in [6, 6.07) is 13.2. The molecule has 1 aromatic carbocycles. The first-order valence-electron chi connectivity index (χ1n) is 8.23. The fourth-order valence-corrected chi connectivity index (χ4v) is 2.57. The largest absolute Gasteiger partial charge is 0.467 e. The van der Waals surface area contributed by atoms with E-state index in [0.29, 0.717) is 12.3 Å². The van der Waals surface area contributed by atoms with Crippen LogP contribution < -0.4 is 10.6 Å². The minimum atomic E-state index is -0.255. The third-order valence-electron chi connectivity index (χ3n) is 4.12. The van der Waals surface area contributed by atoms with Gasteiger partial charge in [0.2, 0.25) is 11.8 Å². The number of rotatable bonds is 8. The van der Waals surface area contributed by atoms with Crippen molar-refractivity contribution in [3.05, 3.63) is 60.1 Å². The molecule has 0 fully saturated rings. The van der Waals surface area contributed by atoms with Crippen LogP contribution in [0, 0.1) is 5.92 Å². The predicted molar refractivity (Wildman–Crippen MR) is 92.2 cm³/mol. The first-order valence-corrected chi connectivity index (χ1v) is 8.23. The second-order valence-corrected chi connectivity index (χ2v) is 5.85. The summed E-state index contributed by atoms with van der Waals surface area (Å²) in [5.74, 6) is 0.253. The molecule has 1 aromatic heterocycles. The fraction of sp³-hybridized carbons (Fsp3) is 0.368. The molecule has 5 nitrogen and oxygen atoms in total. The Kier molecular flexibility index (Phi) is 6.61. The second-order valence-electron chi connectivity index (χ2n) is 5.85. The minimum absolute atomic E-state index is 0.0424. The zero-order chi connectivity index (χ0) is 17.4. The lowest BCUT2D eigenvalue weighted by atomic mass is 9.85. The van der Waals surface area contributed by atoms with Crippen LogP contribution in [-0.2, 0) is 16.1 Å². The summed E-state index contributed by atoms with van der Waals surface area (Å²) >= 11 is 0. The Morgan fingerprint density at radius 3 is 2.46 bits per heavy atom. The number of nitrogens with one attached hydrogen (secondary N) is 2. The van der Waals surface area contributed by atoms with Crippen molar-refractivity contribution in [1.82, 2.24) is 10.6 Å². The average Bonchev–Trinajstić information content (AvgIpc) is 3.12. The summed E-state index contributed by atoms with van der Waals surface area (Å²) in [5, 5.41) is 5.46. The molecule has 2 unspecified atom stereocenters. The highest BCUT2D eigenvalue weighted by Crippen LogP contribution is 2.26. The molecule has 2 atom stereocenters. The highest BCUT2D eigenvalue weighted by Gasteiger charge is 2.25. The Hall–Kier alpha value is -2.56. The summed E-state index contributed by atoms with van der Waals surface area (Å²) in [7, 11) is 0. The molecule has 0 aliphatic carbocycles. The molecule has 0 spiro atoms. The average molecular weight is 328 g/mol. The van der Waals surface area contributed by atoms with Crippen LogP contribution in [0.5, 0.6) is 0 Å². The Morgan fingerprint density at radius 1 is 1.08 bits per heavy atom. The molecule has 1 heterocycles. The Balaban J connectivity index is 1.89. The third-order valence-corrected chi connectivity index (χ3v) is 4.12. The molecule has 2 amide bonds. The van der Waals surface area contributed by atoms with Crippen molar-refractivity contribution in [2.45, 2.75) is 32.7 Å². The number of hydrogen-bond donors (Lipinski definition) is 2. The number of amides is 2. The molecule has 0 radical (unpaired) electrons. The number of carbonyl (C=O) groups excluding carboxylic acids is 2. The summed E-state index contributed by atoms with van der Waals surface area (Å²) in [5.41, 5.74) is 0.973. The lowest BCUT2D eigenvalue weighted by molar-refractivity contribution is -0.127. The van der Waals surface area contributed by atoms with Crippen molar-refractivity contribution in [2.24, 2.45) is 5.92 Å². The van der Waals surface area contributed by atoms with Crippen molar-refractivity contribution in [1.29, 1.82) is 0 Å². The predicted octanol–water partition coefficient (Wildman–Crippen LogP) is 2.84. The first kappa shape index (κ1) is 17.8. The molecule has 24 heavy (non-hydrogen) atoms. The number of hydrogen-bond acceptors (Lipinski definition) is 3. The molecule has 0 saturated carbocycles. The Labute approximate surface area is 142 Å². The van der Waals surface area contributed by atoms with Gasteiger partial charge in [-0.1, -0.05) is 50.6 Å². The van der Waals surface area contributed by atoms with Gasteiger partial charge in [0.05, 0.1) is 25.3 Å². The number of benzene rings is 1. The molecule has 0 aliphatic rings. The van der Waals surface area contributed by atoms with Crippen molar-refractivity contribution in [2.75, 3.05) is 6.54 Å². The van der Waals surface area contributed by atoms with Gasteiger partial charge in [0.1, 0.15) is 5.76 Å². The van der Waals surface area contributed by atoms with Gasteiger partial charge in [-0.25, -0.2) is 0 Å². The van der Waals surface area contributed by atoms with Gasteiger partial charge in [-0.2, -0.15) is 0 Å². The maximum atomic E-state index is 12.6. The van der Waals surface area contributed by atoms with E-state index in [-0.39, 0.29) is 30.2 Å². The van der Waals surface area contributed by atoms with Gasteiger partial charge in [0.15, 0.2) is 0 Å². The van der Waals surface area contributed by atoms with Crippen molar-refractivity contribution in [3.63, 3.8) is 0 Å². The van der Waals surface area contributed by atoms with E-state index in [1.165, 1.54) is 0 Å². The van der Waals surface area contributed by atoms with Crippen molar-refractivity contribution >= 4 is 11.8 Å². The maximum absolute atomic E-state index is 12.6. The van der Waals surface area contributed by atoms with E-state index in [0.717, 1.165) is 12.0 Å². The van der Waals surface area contributed by atoms with E-state index in [1.807, 2.05) is 37.3 Å². The Bertz CT molecular complexity index is 638. The third kappa shape index (κ3) is 4.98. The Morgan fingerprint density at radius 2 is 1.83 bits per heavy atom. The quantitative estimate of drug-likeness (QED) is 0.783. The van der Waals surface area contributed by atoms with Gasteiger partial charge in [0.25, 0.3) is 0 Å². The molecule has 2 aromatic rings. The summed E-state index contributed by atoms with van der Waals surface area (Å²) in [6.45, 7) is 4.38. The molecule has 2 rings (SSSR count). The van der Waals surface area contributed by atoms with Gasteiger partial charge in [-0.3, -0.25) is 9.59 Å². The normalized spacial score (nSPS) is 13.1. The van der Waals surface area contributed by atoms with Crippen molar-refractivity contribution < 1.29 is 14.0 Å². The SMILES string of the molecule is CCC(C)C(C(=O)NCC(=O)NCc1ccco1)c1ccccc1. The van der Waals surface area contributed by atoms with Crippen molar-refractivity contribution in [3.8, 4) is 0 Å². The summed E-state index contributed by atoms with van der Waals surface area (Å²) in [4.78, 5) is 24.4. The van der Waals surface area contributed by atoms with E-state index >= 15 is 0 Å². The molecular weight excluding hydrogens is 304 g/mol. The van der Waals surface area contributed by atoms with Crippen LogP contribution in [0.3, 0.4) is 0 Å². The first-order chi connectivity index (χ1) is 11.6. The lowest BCUT2D eigenvalue weighted by Crippen LogP contribution is -2.40. The standard InChI is InChI=1S/C19H24N2O3/c1-3-14(2)18(15-8-5-4-6-9-15)19(23)21-13-17(22)20-12-16-10-7-11-24-16/h4-11,14,18H,3,12-13H2,1-2H3,(H,20,22)(H,21,23). The molecule has 0 aliphatic heterocycles. The van der Waals surface area contributed by atoms with Crippen LogP contribution in [0.1, 0.15) is 37.5 Å². The molecule has 5 heteroatoms. The molecular formula is C19H24N2O3.